The van der Waals surface area contributed by atoms with Crippen LogP contribution in [-0.2, 0) is 5.60 Å². The first-order chi connectivity index (χ1) is 12.4. The minimum absolute atomic E-state index is 0.137. The molecule has 2 unspecified atom stereocenters. The second-order valence-corrected chi connectivity index (χ2v) is 7.02. The molecule has 0 aliphatic carbocycles. The summed E-state index contributed by atoms with van der Waals surface area (Å²) in [5.41, 5.74) is -0.159. The maximum absolute atomic E-state index is 12.9. The molecule has 2 atom stereocenters. The van der Waals surface area contributed by atoms with E-state index in [4.69, 9.17) is 4.74 Å². The lowest BCUT2D eigenvalue weighted by Gasteiger charge is -2.22. The van der Waals surface area contributed by atoms with E-state index >= 15 is 0 Å². The summed E-state index contributed by atoms with van der Waals surface area (Å²) in [6.07, 6.45) is -0.137. The van der Waals surface area contributed by atoms with E-state index < -0.39 is 5.60 Å². The molecule has 0 saturated heterocycles. The van der Waals surface area contributed by atoms with Gasteiger partial charge in [0.25, 0.3) is 0 Å². The highest BCUT2D eigenvalue weighted by atomic mass is 32.1. The van der Waals surface area contributed by atoms with E-state index in [1.165, 1.54) is 12.1 Å². The molecule has 142 valence electrons. The largest absolute Gasteiger partial charge is 0.489 e. The third kappa shape index (κ3) is 6.31. The van der Waals surface area contributed by atoms with Crippen molar-refractivity contribution in [1.82, 2.24) is 10.6 Å². The number of hydrogen-bond acceptors (Lipinski definition) is 4. The highest BCUT2D eigenvalue weighted by molar-refractivity contribution is 7.08. The number of guanidine groups is 1. The van der Waals surface area contributed by atoms with Crippen molar-refractivity contribution in [3.8, 4) is 5.75 Å². The van der Waals surface area contributed by atoms with E-state index in [1.54, 1.807) is 30.4 Å². The molecule has 0 amide bonds. The summed E-state index contributed by atoms with van der Waals surface area (Å²) in [4.78, 5) is 4.48. The number of aliphatic hydroxyl groups is 1. The quantitative estimate of drug-likeness (QED) is 0.487. The summed E-state index contributed by atoms with van der Waals surface area (Å²) in [5, 5.41) is 20.8. The molecule has 0 aliphatic rings. The molecule has 0 fully saturated rings. The van der Waals surface area contributed by atoms with E-state index in [1.807, 2.05) is 30.7 Å². The third-order valence-electron chi connectivity index (χ3n) is 3.74. The number of ether oxygens (including phenoxy) is 1. The molecule has 1 aromatic carbocycles. The molecule has 5 nitrogen and oxygen atoms in total. The smallest absolute Gasteiger partial charge is 0.191 e. The minimum atomic E-state index is -1.02. The van der Waals surface area contributed by atoms with Crippen molar-refractivity contribution in [2.75, 3.05) is 19.6 Å². The number of aliphatic imine (C=N–C) groups is 1. The van der Waals surface area contributed by atoms with Crippen LogP contribution < -0.4 is 15.4 Å². The Morgan fingerprint density at radius 2 is 2.04 bits per heavy atom. The van der Waals surface area contributed by atoms with Crippen LogP contribution in [0.25, 0.3) is 0 Å². The second kappa shape index (κ2) is 9.54. The van der Waals surface area contributed by atoms with Gasteiger partial charge in [0.2, 0.25) is 0 Å². The summed E-state index contributed by atoms with van der Waals surface area (Å²) < 4.78 is 18.7. The molecule has 0 aliphatic heterocycles. The first-order valence-corrected chi connectivity index (χ1v) is 9.54. The second-order valence-electron chi connectivity index (χ2n) is 6.24. The molecule has 2 rings (SSSR count). The molecule has 26 heavy (non-hydrogen) atoms. The van der Waals surface area contributed by atoms with Crippen LogP contribution in [0.15, 0.2) is 46.1 Å². The van der Waals surface area contributed by atoms with Crippen molar-refractivity contribution in [1.29, 1.82) is 0 Å². The molecule has 1 heterocycles. The van der Waals surface area contributed by atoms with Crippen LogP contribution in [0.5, 0.6) is 5.75 Å². The average molecular weight is 380 g/mol. The van der Waals surface area contributed by atoms with E-state index in [2.05, 4.69) is 15.6 Å². The number of nitrogens with zero attached hydrogens (tertiary/aromatic N) is 1. The summed E-state index contributed by atoms with van der Waals surface area (Å²) in [6.45, 7) is 7.12. The number of benzene rings is 1. The summed E-state index contributed by atoms with van der Waals surface area (Å²) in [7, 11) is 0. The third-order valence-corrected chi connectivity index (χ3v) is 4.42. The van der Waals surface area contributed by atoms with Gasteiger partial charge >= 0.3 is 0 Å². The monoisotopic (exact) mass is 379 g/mol. The molecule has 3 N–H and O–H groups in total. The Bertz CT molecular complexity index is 687. The molecule has 7 heteroatoms. The van der Waals surface area contributed by atoms with Gasteiger partial charge in [-0.3, -0.25) is 0 Å². The van der Waals surface area contributed by atoms with Crippen LogP contribution in [-0.4, -0.2) is 36.8 Å². The van der Waals surface area contributed by atoms with Gasteiger partial charge in [-0.25, -0.2) is 9.38 Å². The van der Waals surface area contributed by atoms with Gasteiger partial charge in [0, 0.05) is 6.54 Å². The zero-order chi connectivity index (χ0) is 19.0. The summed E-state index contributed by atoms with van der Waals surface area (Å²) in [5.74, 6) is 0.933. The zero-order valence-electron chi connectivity index (χ0n) is 15.3. The van der Waals surface area contributed by atoms with Gasteiger partial charge in [0.05, 0.1) is 13.1 Å². The highest BCUT2D eigenvalue weighted by Crippen LogP contribution is 2.23. The molecular formula is C19H26FN3O2S. The lowest BCUT2D eigenvalue weighted by atomic mass is 10.00. The molecule has 0 radical (unpaired) electrons. The van der Waals surface area contributed by atoms with Crippen LogP contribution in [0, 0.1) is 5.82 Å². The number of halogens is 1. The van der Waals surface area contributed by atoms with E-state index in [-0.39, 0.29) is 18.5 Å². The van der Waals surface area contributed by atoms with Crippen molar-refractivity contribution in [3.05, 3.63) is 52.5 Å². The fraction of sp³-hybridized carbons (Fsp3) is 0.421. The van der Waals surface area contributed by atoms with Crippen molar-refractivity contribution in [2.24, 2.45) is 4.99 Å². The number of rotatable bonds is 8. The van der Waals surface area contributed by atoms with Gasteiger partial charge in [0.1, 0.15) is 23.3 Å². The molecule has 0 spiro atoms. The van der Waals surface area contributed by atoms with Gasteiger partial charge < -0.3 is 20.5 Å². The Kier molecular flexibility index (Phi) is 7.41. The Morgan fingerprint density at radius 3 is 2.65 bits per heavy atom. The first-order valence-electron chi connectivity index (χ1n) is 8.60. The molecule has 0 saturated carbocycles. The van der Waals surface area contributed by atoms with E-state index in [0.29, 0.717) is 24.8 Å². The Morgan fingerprint density at radius 1 is 1.31 bits per heavy atom. The maximum atomic E-state index is 12.9. The van der Waals surface area contributed by atoms with Crippen LogP contribution in [0.1, 0.15) is 26.3 Å². The van der Waals surface area contributed by atoms with Gasteiger partial charge in [0.15, 0.2) is 5.96 Å². The van der Waals surface area contributed by atoms with Crippen LogP contribution in [0.3, 0.4) is 0 Å². The van der Waals surface area contributed by atoms with Crippen LogP contribution in [0.2, 0.25) is 0 Å². The first kappa shape index (κ1) is 20.2. The van der Waals surface area contributed by atoms with Gasteiger partial charge in [-0.15, -0.1) is 0 Å². The maximum Gasteiger partial charge on any atom is 0.191 e. The lowest BCUT2D eigenvalue weighted by molar-refractivity contribution is 0.0677. The normalized spacial score (nSPS) is 15.2. The molecule has 0 bridgehead atoms. The highest BCUT2D eigenvalue weighted by Gasteiger charge is 2.23. The van der Waals surface area contributed by atoms with Gasteiger partial charge in [-0.05, 0) is 67.4 Å². The molecule has 1 aromatic heterocycles. The van der Waals surface area contributed by atoms with Crippen molar-refractivity contribution in [2.45, 2.75) is 32.5 Å². The van der Waals surface area contributed by atoms with Gasteiger partial charge in [-0.1, -0.05) is 0 Å². The lowest BCUT2D eigenvalue weighted by Crippen LogP contribution is -2.42. The number of hydrogen-bond donors (Lipinski definition) is 3. The topological polar surface area (TPSA) is 65.9 Å². The summed E-state index contributed by atoms with van der Waals surface area (Å²) >= 11 is 1.55. The number of thiophene rings is 1. The van der Waals surface area contributed by atoms with Crippen molar-refractivity contribution in [3.63, 3.8) is 0 Å². The zero-order valence-corrected chi connectivity index (χ0v) is 16.1. The van der Waals surface area contributed by atoms with E-state index in [9.17, 15) is 9.50 Å². The minimum Gasteiger partial charge on any atom is -0.489 e. The standard InChI is InChI=1S/C19H26FN3O2S/c1-4-21-18(23-13-19(3,24)15-9-10-26-12-15)22-11-14(2)25-17-7-5-16(20)6-8-17/h5-10,12,14,24H,4,11,13H2,1-3H3,(H2,21,22,23). The predicted octanol–water partition coefficient (Wildman–Crippen LogP) is 3.12. The average Bonchev–Trinajstić information content (AvgIpc) is 3.15. The summed E-state index contributed by atoms with van der Waals surface area (Å²) in [6, 6.07) is 7.84. The molecular weight excluding hydrogens is 353 g/mol. The fourth-order valence-corrected chi connectivity index (χ4v) is 3.05. The Balaban J connectivity index is 1.89. The van der Waals surface area contributed by atoms with E-state index in [0.717, 1.165) is 5.56 Å². The van der Waals surface area contributed by atoms with Crippen LogP contribution in [0.4, 0.5) is 4.39 Å². The van der Waals surface area contributed by atoms with Crippen molar-refractivity contribution >= 4 is 17.3 Å². The molecule has 2 aromatic rings. The Labute approximate surface area is 157 Å². The van der Waals surface area contributed by atoms with Crippen molar-refractivity contribution < 1.29 is 14.2 Å². The van der Waals surface area contributed by atoms with Gasteiger partial charge in [-0.2, -0.15) is 11.3 Å². The SMILES string of the molecule is CCNC(=NCC(C)(O)c1ccsc1)NCC(C)Oc1ccc(F)cc1. The Hall–Kier alpha value is -2.12. The fourth-order valence-electron chi connectivity index (χ4n) is 2.26. The van der Waals surface area contributed by atoms with Crippen LogP contribution >= 0.6 is 11.3 Å². The predicted molar refractivity (Wildman–Crippen MR) is 104 cm³/mol. The number of nitrogens with one attached hydrogen (secondary N) is 2.